The van der Waals surface area contributed by atoms with Crippen molar-refractivity contribution >= 4 is 12.0 Å². The quantitative estimate of drug-likeness (QED) is 0.697. The highest BCUT2D eigenvalue weighted by Gasteiger charge is 2.20. The zero-order chi connectivity index (χ0) is 12.0. The molecule has 0 saturated carbocycles. The molecule has 92 valence electrons. The van der Waals surface area contributed by atoms with Crippen LogP contribution in [-0.4, -0.2) is 54.4 Å². The summed E-state index contributed by atoms with van der Waals surface area (Å²) in [5, 5.41) is 11.5. The number of likely N-dealkylation sites (tertiary alicyclic amines) is 1. The van der Waals surface area contributed by atoms with Crippen LogP contribution in [0.4, 0.5) is 4.79 Å². The standard InChI is InChI=1S/C10H18N2O4/c1-2-16-10(15)11-9(14)7-12-5-3-4-8(13)6-12/h8,13H,2-7H2,1H3,(H,11,14,15). The number of carbonyl (C=O) groups excluding carboxylic acids is 2. The minimum absolute atomic E-state index is 0.121. The molecule has 1 aliphatic rings. The highest BCUT2D eigenvalue weighted by atomic mass is 16.5. The van der Waals surface area contributed by atoms with Crippen LogP contribution in [0, 0.1) is 0 Å². The first-order valence-electron chi connectivity index (χ1n) is 5.49. The Labute approximate surface area is 94.6 Å². The lowest BCUT2D eigenvalue weighted by atomic mass is 10.1. The number of nitrogens with zero attached hydrogens (tertiary/aromatic N) is 1. The molecule has 0 spiro atoms. The van der Waals surface area contributed by atoms with Gasteiger partial charge in [0.2, 0.25) is 5.91 Å². The van der Waals surface area contributed by atoms with Crippen molar-refractivity contribution in [1.82, 2.24) is 10.2 Å². The van der Waals surface area contributed by atoms with E-state index in [9.17, 15) is 14.7 Å². The lowest BCUT2D eigenvalue weighted by Gasteiger charge is -2.29. The summed E-state index contributed by atoms with van der Waals surface area (Å²) in [6.45, 7) is 3.28. The van der Waals surface area contributed by atoms with Crippen molar-refractivity contribution in [1.29, 1.82) is 0 Å². The van der Waals surface area contributed by atoms with Crippen LogP contribution in [0.5, 0.6) is 0 Å². The summed E-state index contributed by atoms with van der Waals surface area (Å²) in [6, 6.07) is 0. The third kappa shape index (κ3) is 4.59. The zero-order valence-electron chi connectivity index (χ0n) is 9.44. The maximum Gasteiger partial charge on any atom is 0.413 e. The number of ether oxygens (including phenoxy) is 1. The van der Waals surface area contributed by atoms with Gasteiger partial charge >= 0.3 is 6.09 Å². The van der Waals surface area contributed by atoms with Gasteiger partial charge in [-0.15, -0.1) is 0 Å². The molecule has 16 heavy (non-hydrogen) atoms. The molecule has 1 atom stereocenters. The minimum Gasteiger partial charge on any atom is -0.450 e. The van der Waals surface area contributed by atoms with Crippen molar-refractivity contribution in [2.45, 2.75) is 25.9 Å². The van der Waals surface area contributed by atoms with Crippen LogP contribution >= 0.6 is 0 Å². The van der Waals surface area contributed by atoms with E-state index in [1.807, 2.05) is 4.90 Å². The number of hydrogen-bond acceptors (Lipinski definition) is 5. The molecule has 0 radical (unpaired) electrons. The largest absolute Gasteiger partial charge is 0.450 e. The normalized spacial score (nSPS) is 21.5. The van der Waals surface area contributed by atoms with Gasteiger partial charge in [0, 0.05) is 6.54 Å². The number of rotatable bonds is 3. The fraction of sp³-hybridized carbons (Fsp3) is 0.800. The lowest BCUT2D eigenvalue weighted by Crippen LogP contribution is -2.45. The third-order valence-corrected chi connectivity index (χ3v) is 2.36. The van der Waals surface area contributed by atoms with E-state index < -0.39 is 12.0 Å². The van der Waals surface area contributed by atoms with Gasteiger partial charge in [-0.3, -0.25) is 15.0 Å². The van der Waals surface area contributed by atoms with Crippen LogP contribution in [0.2, 0.25) is 0 Å². The van der Waals surface area contributed by atoms with Gasteiger partial charge in [0.15, 0.2) is 0 Å². The number of hydrogen-bond donors (Lipinski definition) is 2. The summed E-state index contributed by atoms with van der Waals surface area (Å²) in [7, 11) is 0. The van der Waals surface area contributed by atoms with Crippen LogP contribution in [0.25, 0.3) is 0 Å². The van der Waals surface area contributed by atoms with E-state index in [0.29, 0.717) is 6.54 Å². The molecular formula is C10H18N2O4. The Balaban J connectivity index is 2.25. The maximum atomic E-state index is 11.4. The molecule has 6 heteroatoms. The second-order valence-corrected chi connectivity index (χ2v) is 3.80. The molecule has 0 aromatic rings. The SMILES string of the molecule is CCOC(=O)NC(=O)CN1CCCC(O)C1. The van der Waals surface area contributed by atoms with Gasteiger partial charge in [0.1, 0.15) is 0 Å². The molecule has 2 N–H and O–H groups in total. The number of alkyl carbamates (subject to hydrolysis) is 1. The van der Waals surface area contributed by atoms with E-state index in [4.69, 9.17) is 0 Å². The number of piperidine rings is 1. The van der Waals surface area contributed by atoms with Gasteiger partial charge in [-0.1, -0.05) is 0 Å². The molecule has 6 nitrogen and oxygen atoms in total. The van der Waals surface area contributed by atoms with Crippen molar-refractivity contribution in [3.05, 3.63) is 0 Å². The molecule has 1 saturated heterocycles. The van der Waals surface area contributed by atoms with Crippen molar-refractivity contribution in [3.8, 4) is 0 Å². The van der Waals surface area contributed by atoms with Crippen LogP contribution in [0.1, 0.15) is 19.8 Å². The molecule has 1 rings (SSSR count). The monoisotopic (exact) mass is 230 g/mol. The van der Waals surface area contributed by atoms with Crippen LogP contribution in [0.15, 0.2) is 0 Å². The average molecular weight is 230 g/mol. The zero-order valence-corrected chi connectivity index (χ0v) is 9.44. The van der Waals surface area contributed by atoms with E-state index >= 15 is 0 Å². The minimum atomic E-state index is -0.718. The summed E-state index contributed by atoms with van der Waals surface area (Å²) in [5.41, 5.74) is 0. The second-order valence-electron chi connectivity index (χ2n) is 3.80. The summed E-state index contributed by atoms with van der Waals surface area (Å²) < 4.78 is 4.58. The Bertz CT molecular complexity index is 257. The molecule has 1 aliphatic heterocycles. The number of nitrogens with one attached hydrogen (secondary N) is 1. The smallest absolute Gasteiger partial charge is 0.413 e. The number of aliphatic hydroxyl groups excluding tert-OH is 1. The van der Waals surface area contributed by atoms with Crippen LogP contribution in [0.3, 0.4) is 0 Å². The van der Waals surface area contributed by atoms with Crippen LogP contribution < -0.4 is 5.32 Å². The number of imide groups is 1. The highest BCUT2D eigenvalue weighted by molar-refractivity contribution is 5.92. The van der Waals surface area contributed by atoms with Crippen molar-refractivity contribution in [2.24, 2.45) is 0 Å². The molecule has 1 heterocycles. The van der Waals surface area contributed by atoms with Gasteiger partial charge in [0.25, 0.3) is 0 Å². The second kappa shape index (κ2) is 6.44. The number of carbonyl (C=O) groups is 2. The van der Waals surface area contributed by atoms with Crippen molar-refractivity contribution < 1.29 is 19.4 Å². The van der Waals surface area contributed by atoms with Gasteiger partial charge in [0.05, 0.1) is 19.3 Å². The van der Waals surface area contributed by atoms with E-state index in [0.717, 1.165) is 19.4 Å². The first-order valence-corrected chi connectivity index (χ1v) is 5.49. The Morgan fingerprint density at radius 2 is 2.31 bits per heavy atom. The third-order valence-electron chi connectivity index (χ3n) is 2.36. The highest BCUT2D eigenvalue weighted by Crippen LogP contribution is 2.08. The Morgan fingerprint density at radius 3 is 2.94 bits per heavy atom. The molecule has 0 aliphatic carbocycles. The molecule has 0 aromatic carbocycles. The number of β-amino-alcohol motifs (C(OH)–C–C–N with tert-alkyl or cyclic N) is 1. The molecular weight excluding hydrogens is 212 g/mol. The Kier molecular flexibility index (Phi) is 5.21. The van der Waals surface area contributed by atoms with E-state index in [2.05, 4.69) is 10.1 Å². The van der Waals surface area contributed by atoms with Crippen molar-refractivity contribution in [3.63, 3.8) is 0 Å². The van der Waals surface area contributed by atoms with Crippen molar-refractivity contribution in [2.75, 3.05) is 26.2 Å². The molecule has 1 fully saturated rings. The summed E-state index contributed by atoms with van der Waals surface area (Å²) in [5.74, 6) is -0.396. The Morgan fingerprint density at radius 1 is 1.56 bits per heavy atom. The maximum absolute atomic E-state index is 11.4. The number of amides is 2. The average Bonchev–Trinajstić information content (AvgIpc) is 2.17. The first kappa shape index (κ1) is 12.9. The summed E-state index contributed by atoms with van der Waals surface area (Å²) in [6.07, 6.45) is 0.554. The van der Waals surface area contributed by atoms with E-state index in [-0.39, 0.29) is 19.3 Å². The summed E-state index contributed by atoms with van der Waals surface area (Å²) in [4.78, 5) is 24.1. The lowest BCUT2D eigenvalue weighted by molar-refractivity contribution is -0.122. The fourth-order valence-electron chi connectivity index (χ4n) is 1.70. The topological polar surface area (TPSA) is 78.9 Å². The number of aliphatic hydroxyl groups is 1. The van der Waals surface area contributed by atoms with Gasteiger partial charge in [-0.25, -0.2) is 4.79 Å². The van der Waals surface area contributed by atoms with Gasteiger partial charge < -0.3 is 9.84 Å². The van der Waals surface area contributed by atoms with E-state index in [1.54, 1.807) is 6.92 Å². The molecule has 1 unspecified atom stereocenters. The predicted molar refractivity (Wildman–Crippen MR) is 56.8 cm³/mol. The Hall–Kier alpha value is -1.14. The van der Waals surface area contributed by atoms with Gasteiger partial charge in [-0.2, -0.15) is 0 Å². The molecule has 0 bridgehead atoms. The summed E-state index contributed by atoms with van der Waals surface area (Å²) >= 11 is 0. The fourth-order valence-corrected chi connectivity index (χ4v) is 1.70. The van der Waals surface area contributed by atoms with Crippen LogP contribution in [-0.2, 0) is 9.53 Å². The molecule has 0 aromatic heterocycles. The van der Waals surface area contributed by atoms with Gasteiger partial charge in [-0.05, 0) is 26.3 Å². The predicted octanol–water partition coefficient (Wildman–Crippen LogP) is -0.284. The molecule has 2 amide bonds. The van der Waals surface area contributed by atoms with E-state index in [1.165, 1.54) is 0 Å². The first-order chi connectivity index (χ1) is 7.61.